The standard InChI is InChI=1S/C14H19NO4/c1-3-14(4-2)8-11(16)15(13(14)19)10-6-5-9(7-10)12(17)18/h5-6,9-10H,3-4,7-8H2,1-2H3,(H,17,18). The Balaban J connectivity index is 2.19. The minimum atomic E-state index is -0.907. The van der Waals surface area contributed by atoms with E-state index in [-0.39, 0.29) is 24.3 Å². The van der Waals surface area contributed by atoms with Gasteiger partial charge in [-0.15, -0.1) is 0 Å². The first-order chi connectivity index (χ1) is 8.95. The SMILES string of the molecule is CCC1(CC)CC(=O)N(C2C=CC(C(=O)O)C2)C1=O. The molecular formula is C14H19NO4. The molecule has 1 aliphatic carbocycles. The highest BCUT2D eigenvalue weighted by Crippen LogP contribution is 2.41. The van der Waals surface area contributed by atoms with Crippen molar-refractivity contribution in [1.82, 2.24) is 4.90 Å². The molecule has 2 rings (SSSR count). The van der Waals surface area contributed by atoms with Crippen molar-refractivity contribution in [2.75, 3.05) is 0 Å². The third-order valence-corrected chi connectivity index (χ3v) is 4.49. The fourth-order valence-electron chi connectivity index (χ4n) is 3.01. The van der Waals surface area contributed by atoms with Crippen molar-refractivity contribution in [3.63, 3.8) is 0 Å². The Morgan fingerprint density at radius 3 is 2.42 bits per heavy atom. The molecule has 1 aliphatic heterocycles. The second kappa shape index (κ2) is 4.79. The quantitative estimate of drug-likeness (QED) is 0.618. The fraction of sp³-hybridized carbons (Fsp3) is 0.643. The summed E-state index contributed by atoms with van der Waals surface area (Å²) in [6.07, 6.45) is 5.09. The number of carbonyl (C=O) groups excluding carboxylic acids is 2. The zero-order valence-corrected chi connectivity index (χ0v) is 11.3. The highest BCUT2D eigenvalue weighted by Gasteiger charge is 2.51. The van der Waals surface area contributed by atoms with Gasteiger partial charge < -0.3 is 5.11 Å². The number of rotatable bonds is 4. The molecule has 5 nitrogen and oxygen atoms in total. The van der Waals surface area contributed by atoms with Crippen LogP contribution in [0.4, 0.5) is 0 Å². The molecular weight excluding hydrogens is 246 g/mol. The number of carboxylic acid groups (broad SMARTS) is 1. The maximum absolute atomic E-state index is 12.5. The monoisotopic (exact) mass is 265 g/mol. The molecule has 0 aromatic heterocycles. The van der Waals surface area contributed by atoms with Crippen LogP contribution in [0.15, 0.2) is 12.2 Å². The van der Waals surface area contributed by atoms with E-state index in [0.717, 1.165) is 0 Å². The van der Waals surface area contributed by atoms with Gasteiger partial charge in [-0.2, -0.15) is 0 Å². The van der Waals surface area contributed by atoms with E-state index < -0.39 is 17.3 Å². The van der Waals surface area contributed by atoms with Gasteiger partial charge in [-0.3, -0.25) is 19.3 Å². The maximum Gasteiger partial charge on any atom is 0.310 e. The van der Waals surface area contributed by atoms with Gasteiger partial charge in [-0.05, 0) is 19.3 Å². The summed E-state index contributed by atoms with van der Waals surface area (Å²) < 4.78 is 0. The summed E-state index contributed by atoms with van der Waals surface area (Å²) in [6, 6.07) is -0.388. The molecule has 0 aromatic carbocycles. The molecule has 19 heavy (non-hydrogen) atoms. The third kappa shape index (κ3) is 2.07. The lowest BCUT2D eigenvalue weighted by Gasteiger charge is -2.26. The normalized spacial score (nSPS) is 29.3. The van der Waals surface area contributed by atoms with Crippen molar-refractivity contribution in [1.29, 1.82) is 0 Å². The Morgan fingerprint density at radius 2 is 2.00 bits per heavy atom. The first-order valence-corrected chi connectivity index (χ1v) is 6.72. The summed E-state index contributed by atoms with van der Waals surface area (Å²) in [5.41, 5.74) is -0.577. The highest BCUT2D eigenvalue weighted by atomic mass is 16.4. The lowest BCUT2D eigenvalue weighted by atomic mass is 9.81. The van der Waals surface area contributed by atoms with Crippen LogP contribution < -0.4 is 0 Å². The Kier molecular flexibility index (Phi) is 3.47. The van der Waals surface area contributed by atoms with Crippen LogP contribution in [-0.4, -0.2) is 33.8 Å². The molecule has 5 heteroatoms. The van der Waals surface area contributed by atoms with Crippen molar-refractivity contribution >= 4 is 17.8 Å². The first kappa shape index (κ1) is 13.8. The topological polar surface area (TPSA) is 74.7 Å². The van der Waals surface area contributed by atoms with E-state index in [1.54, 1.807) is 12.2 Å². The van der Waals surface area contributed by atoms with E-state index >= 15 is 0 Å². The second-order valence-electron chi connectivity index (χ2n) is 5.37. The van der Waals surface area contributed by atoms with E-state index in [0.29, 0.717) is 19.3 Å². The number of nitrogens with zero attached hydrogens (tertiary/aromatic N) is 1. The smallest absolute Gasteiger partial charge is 0.310 e. The van der Waals surface area contributed by atoms with Crippen LogP contribution in [-0.2, 0) is 14.4 Å². The van der Waals surface area contributed by atoms with Crippen LogP contribution in [0.5, 0.6) is 0 Å². The Labute approximate surface area is 112 Å². The van der Waals surface area contributed by atoms with Crippen LogP contribution in [0.25, 0.3) is 0 Å². The van der Waals surface area contributed by atoms with Gasteiger partial charge in [0.15, 0.2) is 0 Å². The minimum absolute atomic E-state index is 0.136. The zero-order valence-electron chi connectivity index (χ0n) is 11.3. The van der Waals surface area contributed by atoms with Gasteiger partial charge in [0.25, 0.3) is 0 Å². The molecule has 0 spiro atoms. The number of imide groups is 1. The minimum Gasteiger partial charge on any atom is -0.481 e. The summed E-state index contributed by atoms with van der Waals surface area (Å²) in [5.74, 6) is -1.81. The van der Waals surface area contributed by atoms with Gasteiger partial charge in [0, 0.05) is 6.42 Å². The number of amides is 2. The lowest BCUT2D eigenvalue weighted by Crippen LogP contribution is -2.41. The third-order valence-electron chi connectivity index (χ3n) is 4.49. The number of likely N-dealkylation sites (tertiary alicyclic amines) is 1. The number of aliphatic carboxylic acids is 1. The predicted molar refractivity (Wildman–Crippen MR) is 68.2 cm³/mol. The highest BCUT2D eigenvalue weighted by molar-refractivity contribution is 6.06. The number of hydrogen-bond acceptors (Lipinski definition) is 3. The largest absolute Gasteiger partial charge is 0.481 e. The van der Waals surface area contributed by atoms with Crippen molar-refractivity contribution in [3.8, 4) is 0 Å². The summed E-state index contributed by atoms with van der Waals surface area (Å²) in [7, 11) is 0. The van der Waals surface area contributed by atoms with Crippen LogP contribution in [0.3, 0.4) is 0 Å². The molecule has 0 aromatic rings. The molecule has 2 aliphatic rings. The van der Waals surface area contributed by atoms with Crippen LogP contribution in [0, 0.1) is 11.3 Å². The molecule has 2 amide bonds. The van der Waals surface area contributed by atoms with Gasteiger partial charge in [0.1, 0.15) is 0 Å². The van der Waals surface area contributed by atoms with E-state index in [9.17, 15) is 14.4 Å². The molecule has 1 fully saturated rings. The second-order valence-corrected chi connectivity index (χ2v) is 5.37. The Hall–Kier alpha value is -1.65. The van der Waals surface area contributed by atoms with Crippen molar-refractivity contribution in [2.45, 2.75) is 45.6 Å². The summed E-state index contributed by atoms with van der Waals surface area (Å²) in [4.78, 5) is 36.8. The van der Waals surface area contributed by atoms with Crippen LogP contribution in [0.1, 0.15) is 39.5 Å². The number of carbonyl (C=O) groups is 3. The summed E-state index contributed by atoms with van der Waals surface area (Å²) in [5, 5.41) is 8.96. The lowest BCUT2D eigenvalue weighted by molar-refractivity contribution is -0.145. The van der Waals surface area contributed by atoms with Gasteiger partial charge in [0.05, 0.1) is 17.4 Å². The van der Waals surface area contributed by atoms with E-state index in [2.05, 4.69) is 0 Å². The molecule has 2 atom stereocenters. The zero-order chi connectivity index (χ0) is 14.2. The van der Waals surface area contributed by atoms with Gasteiger partial charge in [-0.1, -0.05) is 26.0 Å². The molecule has 0 saturated carbocycles. The van der Waals surface area contributed by atoms with E-state index in [1.165, 1.54) is 4.90 Å². The van der Waals surface area contributed by atoms with Crippen molar-refractivity contribution in [2.24, 2.45) is 11.3 Å². The average molecular weight is 265 g/mol. The van der Waals surface area contributed by atoms with E-state index in [4.69, 9.17) is 5.11 Å². The van der Waals surface area contributed by atoms with Crippen LogP contribution >= 0.6 is 0 Å². The fourth-order valence-corrected chi connectivity index (χ4v) is 3.01. The van der Waals surface area contributed by atoms with Gasteiger partial charge >= 0.3 is 5.97 Å². The van der Waals surface area contributed by atoms with Crippen LogP contribution in [0.2, 0.25) is 0 Å². The molecule has 0 bridgehead atoms. The molecule has 0 radical (unpaired) electrons. The average Bonchev–Trinajstić information content (AvgIpc) is 2.93. The Bertz CT molecular complexity index is 450. The molecule has 1 saturated heterocycles. The predicted octanol–water partition coefficient (Wildman–Crippen LogP) is 1.58. The summed E-state index contributed by atoms with van der Waals surface area (Å²) >= 11 is 0. The molecule has 2 unspecified atom stereocenters. The van der Waals surface area contributed by atoms with Gasteiger partial charge in [-0.25, -0.2) is 0 Å². The Morgan fingerprint density at radius 1 is 1.37 bits per heavy atom. The first-order valence-electron chi connectivity index (χ1n) is 6.72. The van der Waals surface area contributed by atoms with E-state index in [1.807, 2.05) is 13.8 Å². The van der Waals surface area contributed by atoms with Crippen molar-refractivity contribution in [3.05, 3.63) is 12.2 Å². The summed E-state index contributed by atoms with van der Waals surface area (Å²) in [6.45, 7) is 3.84. The van der Waals surface area contributed by atoms with Crippen molar-refractivity contribution < 1.29 is 19.5 Å². The van der Waals surface area contributed by atoms with Gasteiger partial charge in [0.2, 0.25) is 11.8 Å². The number of hydrogen-bond donors (Lipinski definition) is 1. The molecule has 1 heterocycles. The maximum atomic E-state index is 12.5. The molecule has 1 N–H and O–H groups in total. The number of carboxylic acids is 1. The molecule has 104 valence electrons.